The van der Waals surface area contributed by atoms with E-state index in [1.807, 2.05) is 6.07 Å². The largest absolute Gasteiger partial charge is 0.481 e. The van der Waals surface area contributed by atoms with Crippen molar-refractivity contribution in [2.24, 2.45) is 0 Å². The monoisotopic (exact) mass is 288 g/mol. The lowest BCUT2D eigenvalue weighted by Crippen LogP contribution is -2.28. The van der Waals surface area contributed by atoms with Gasteiger partial charge in [-0.15, -0.1) is 0 Å². The average Bonchev–Trinajstić information content (AvgIpc) is 2.97. The number of amides is 2. The second kappa shape index (κ2) is 7.09. The number of carbonyl (C=O) groups is 2. The van der Waals surface area contributed by atoms with Crippen molar-refractivity contribution in [1.82, 2.24) is 15.5 Å². The van der Waals surface area contributed by atoms with Crippen LogP contribution >= 0.6 is 0 Å². The molecule has 0 radical (unpaired) electrons. The fourth-order valence-electron chi connectivity index (χ4n) is 1.83. The van der Waals surface area contributed by atoms with Crippen LogP contribution in [0, 0.1) is 0 Å². The molecule has 7 heteroatoms. The van der Waals surface area contributed by atoms with Gasteiger partial charge in [-0.3, -0.25) is 9.89 Å². The Hall–Kier alpha value is -2.83. The first-order valence-electron chi connectivity index (χ1n) is 6.47. The van der Waals surface area contributed by atoms with Crippen molar-refractivity contribution in [3.05, 3.63) is 47.8 Å². The summed E-state index contributed by atoms with van der Waals surface area (Å²) < 4.78 is 0. The molecule has 0 aliphatic rings. The molecule has 0 aliphatic carbocycles. The Balaban J connectivity index is 1.92. The smallest absolute Gasteiger partial charge is 0.319 e. The molecule has 4 N–H and O–H groups in total. The zero-order valence-electron chi connectivity index (χ0n) is 11.3. The van der Waals surface area contributed by atoms with Crippen molar-refractivity contribution >= 4 is 17.7 Å². The van der Waals surface area contributed by atoms with Crippen molar-refractivity contribution in [2.45, 2.75) is 19.4 Å². The number of hydrogen-bond donors (Lipinski definition) is 4. The molecular weight excluding hydrogens is 272 g/mol. The van der Waals surface area contributed by atoms with Gasteiger partial charge in [0.15, 0.2) is 0 Å². The number of carboxylic acid groups (broad SMARTS) is 1. The summed E-state index contributed by atoms with van der Waals surface area (Å²) in [5.74, 6) is -0.866. The highest BCUT2D eigenvalue weighted by Crippen LogP contribution is 2.16. The predicted octanol–water partition coefficient (Wildman–Crippen LogP) is 1.75. The summed E-state index contributed by atoms with van der Waals surface area (Å²) in [6.07, 6.45) is 3.71. The van der Waals surface area contributed by atoms with E-state index in [4.69, 9.17) is 5.11 Å². The topological polar surface area (TPSA) is 107 Å². The van der Waals surface area contributed by atoms with Crippen molar-refractivity contribution in [1.29, 1.82) is 0 Å². The maximum absolute atomic E-state index is 11.8. The molecule has 0 saturated carbocycles. The maximum Gasteiger partial charge on any atom is 0.319 e. The van der Waals surface area contributed by atoms with Crippen LogP contribution < -0.4 is 10.6 Å². The zero-order chi connectivity index (χ0) is 15.1. The highest BCUT2D eigenvalue weighted by molar-refractivity contribution is 5.90. The van der Waals surface area contributed by atoms with Gasteiger partial charge < -0.3 is 15.7 Å². The lowest BCUT2D eigenvalue weighted by Gasteiger charge is -2.11. The van der Waals surface area contributed by atoms with Crippen LogP contribution in [0.1, 0.15) is 17.5 Å². The first-order valence-corrected chi connectivity index (χ1v) is 6.47. The molecule has 2 amide bonds. The number of benzene rings is 1. The number of aromatic amines is 1. The SMILES string of the molecule is O=C(O)CCc1ccccc1NC(=O)NCc1cn[nH]c1. The van der Waals surface area contributed by atoms with Crippen molar-refractivity contribution < 1.29 is 14.7 Å². The van der Waals surface area contributed by atoms with Gasteiger partial charge in [-0.1, -0.05) is 18.2 Å². The van der Waals surface area contributed by atoms with Gasteiger partial charge in [0, 0.05) is 30.4 Å². The van der Waals surface area contributed by atoms with E-state index < -0.39 is 5.97 Å². The van der Waals surface area contributed by atoms with Crippen LogP contribution in [0.2, 0.25) is 0 Å². The van der Waals surface area contributed by atoms with Crippen LogP contribution in [0.15, 0.2) is 36.7 Å². The molecule has 1 aromatic carbocycles. The first kappa shape index (κ1) is 14.6. The van der Waals surface area contributed by atoms with Crippen molar-refractivity contribution in [3.8, 4) is 0 Å². The molecule has 0 saturated heterocycles. The Morgan fingerprint density at radius 2 is 2.10 bits per heavy atom. The summed E-state index contributed by atoms with van der Waals surface area (Å²) >= 11 is 0. The number of H-pyrrole nitrogens is 1. The van der Waals surface area contributed by atoms with Crippen LogP contribution in [-0.2, 0) is 17.8 Å². The Labute approximate surface area is 121 Å². The zero-order valence-corrected chi connectivity index (χ0v) is 11.3. The summed E-state index contributed by atoms with van der Waals surface area (Å²) in [5.41, 5.74) is 2.27. The Morgan fingerprint density at radius 3 is 2.81 bits per heavy atom. The fourth-order valence-corrected chi connectivity index (χ4v) is 1.83. The molecular formula is C14H16N4O3. The third-order valence-corrected chi connectivity index (χ3v) is 2.88. The normalized spacial score (nSPS) is 10.1. The third kappa shape index (κ3) is 4.64. The number of nitrogens with zero attached hydrogens (tertiary/aromatic N) is 1. The Kier molecular flexibility index (Phi) is 4.92. The number of anilines is 1. The van der Waals surface area contributed by atoms with Gasteiger partial charge in [0.1, 0.15) is 0 Å². The van der Waals surface area contributed by atoms with Gasteiger partial charge in [0.25, 0.3) is 0 Å². The number of carbonyl (C=O) groups excluding carboxylic acids is 1. The summed E-state index contributed by atoms with van der Waals surface area (Å²) in [6.45, 7) is 0.361. The van der Waals surface area contributed by atoms with E-state index in [2.05, 4.69) is 20.8 Å². The lowest BCUT2D eigenvalue weighted by molar-refractivity contribution is -0.136. The summed E-state index contributed by atoms with van der Waals surface area (Å²) in [4.78, 5) is 22.5. The summed E-state index contributed by atoms with van der Waals surface area (Å²) in [7, 11) is 0. The van der Waals surface area contributed by atoms with E-state index >= 15 is 0 Å². The van der Waals surface area contributed by atoms with E-state index in [1.54, 1.807) is 30.6 Å². The van der Waals surface area contributed by atoms with E-state index in [9.17, 15) is 9.59 Å². The Morgan fingerprint density at radius 1 is 1.29 bits per heavy atom. The number of hydrogen-bond acceptors (Lipinski definition) is 3. The minimum absolute atomic E-state index is 0.0231. The first-order chi connectivity index (χ1) is 10.1. The quantitative estimate of drug-likeness (QED) is 0.649. The van der Waals surface area contributed by atoms with Gasteiger partial charge in [-0.25, -0.2) is 4.79 Å². The number of aryl methyl sites for hydroxylation is 1. The molecule has 110 valence electrons. The number of carboxylic acids is 1. The van der Waals surface area contributed by atoms with Crippen LogP contribution in [0.3, 0.4) is 0 Å². The summed E-state index contributed by atoms with van der Waals surface area (Å²) in [5, 5.41) is 20.6. The number of urea groups is 1. The molecule has 2 aromatic rings. The van der Waals surface area contributed by atoms with E-state index in [0.29, 0.717) is 18.7 Å². The molecule has 0 bridgehead atoms. The van der Waals surface area contributed by atoms with Gasteiger partial charge >= 0.3 is 12.0 Å². The molecule has 1 heterocycles. The maximum atomic E-state index is 11.8. The van der Waals surface area contributed by atoms with Gasteiger partial charge in [0.2, 0.25) is 0 Å². The molecule has 2 rings (SSSR count). The number of nitrogens with one attached hydrogen (secondary N) is 3. The van der Waals surface area contributed by atoms with Crippen LogP contribution in [0.4, 0.5) is 10.5 Å². The Bertz CT molecular complexity index is 610. The van der Waals surface area contributed by atoms with E-state index in [1.165, 1.54) is 0 Å². The molecule has 21 heavy (non-hydrogen) atoms. The lowest BCUT2D eigenvalue weighted by atomic mass is 10.1. The summed E-state index contributed by atoms with van der Waals surface area (Å²) in [6, 6.07) is 6.80. The van der Waals surface area contributed by atoms with Crippen LogP contribution in [0.25, 0.3) is 0 Å². The molecule has 0 fully saturated rings. The van der Waals surface area contributed by atoms with E-state index in [-0.39, 0.29) is 12.5 Å². The number of para-hydroxylation sites is 1. The highest BCUT2D eigenvalue weighted by atomic mass is 16.4. The van der Waals surface area contributed by atoms with Crippen molar-refractivity contribution in [2.75, 3.05) is 5.32 Å². The van der Waals surface area contributed by atoms with Gasteiger partial charge in [-0.2, -0.15) is 5.10 Å². The average molecular weight is 288 g/mol. The molecule has 0 unspecified atom stereocenters. The van der Waals surface area contributed by atoms with Gasteiger partial charge in [-0.05, 0) is 18.1 Å². The predicted molar refractivity (Wildman–Crippen MR) is 76.8 cm³/mol. The second-order valence-corrected chi connectivity index (χ2v) is 4.47. The third-order valence-electron chi connectivity index (χ3n) is 2.88. The second-order valence-electron chi connectivity index (χ2n) is 4.47. The van der Waals surface area contributed by atoms with Crippen LogP contribution in [-0.4, -0.2) is 27.3 Å². The number of aromatic nitrogens is 2. The van der Waals surface area contributed by atoms with Crippen molar-refractivity contribution in [3.63, 3.8) is 0 Å². The molecule has 0 spiro atoms. The van der Waals surface area contributed by atoms with Gasteiger partial charge in [0.05, 0.1) is 6.20 Å². The fraction of sp³-hybridized carbons (Fsp3) is 0.214. The minimum Gasteiger partial charge on any atom is -0.481 e. The number of rotatable bonds is 6. The van der Waals surface area contributed by atoms with Crippen LogP contribution in [0.5, 0.6) is 0 Å². The molecule has 0 atom stereocenters. The highest BCUT2D eigenvalue weighted by Gasteiger charge is 2.08. The number of aliphatic carboxylic acids is 1. The molecule has 0 aliphatic heterocycles. The molecule has 1 aromatic heterocycles. The van der Waals surface area contributed by atoms with E-state index in [0.717, 1.165) is 11.1 Å². The molecule has 7 nitrogen and oxygen atoms in total. The minimum atomic E-state index is -0.866. The standard InChI is InChI=1S/C14H16N4O3/c19-13(20)6-5-11-3-1-2-4-12(11)18-14(21)15-7-10-8-16-17-9-10/h1-4,8-9H,5-7H2,(H,16,17)(H,19,20)(H2,15,18,21).